The Hall–Kier alpha value is -4.11. The summed E-state index contributed by atoms with van der Waals surface area (Å²) in [6.45, 7) is 3.51. The fraction of sp³-hybridized carbons (Fsp3) is 0.333. The van der Waals surface area contributed by atoms with Gasteiger partial charge in [0.15, 0.2) is 11.5 Å². The number of para-hydroxylation sites is 2. The average Bonchev–Trinajstić information content (AvgIpc) is 2.95. The summed E-state index contributed by atoms with van der Waals surface area (Å²) in [7, 11) is 6.67. The molecule has 1 saturated heterocycles. The number of halogens is 1. The number of piperazine rings is 1. The molecule has 2 aliphatic rings. The third kappa shape index (κ3) is 4.90. The van der Waals surface area contributed by atoms with E-state index in [4.69, 9.17) is 9.47 Å². The van der Waals surface area contributed by atoms with E-state index >= 15 is 4.39 Å². The van der Waals surface area contributed by atoms with Crippen LogP contribution in [0.1, 0.15) is 33.4 Å². The van der Waals surface area contributed by atoms with Crippen LogP contribution in [0.4, 0.5) is 15.8 Å². The number of carbonyl (C=O) groups excluding carboxylic acids is 2. The Balaban J connectivity index is 1.61. The van der Waals surface area contributed by atoms with E-state index in [0.717, 1.165) is 31.9 Å². The molecule has 0 unspecified atom stereocenters. The highest BCUT2D eigenvalue weighted by atomic mass is 19.1. The van der Waals surface area contributed by atoms with Crippen LogP contribution in [0.2, 0.25) is 0 Å². The Morgan fingerprint density at radius 3 is 2.23 bits per heavy atom. The molecule has 0 aromatic heterocycles. The van der Waals surface area contributed by atoms with Crippen molar-refractivity contribution in [1.82, 2.24) is 9.80 Å². The molecule has 1 N–H and O–H groups in total. The van der Waals surface area contributed by atoms with Gasteiger partial charge in [0.05, 0.1) is 37.6 Å². The van der Waals surface area contributed by atoms with Crippen LogP contribution in [0.5, 0.6) is 11.5 Å². The number of nitrogens with one attached hydrogen (secondary N) is 1. The lowest BCUT2D eigenvalue weighted by molar-refractivity contribution is -0.119. The lowest BCUT2D eigenvalue weighted by atomic mass is 9.79. The molecular formula is C30H33FN4O4. The van der Waals surface area contributed by atoms with E-state index in [1.54, 1.807) is 37.4 Å². The zero-order chi connectivity index (χ0) is 27.7. The third-order valence-corrected chi connectivity index (χ3v) is 7.69. The number of nitrogens with zero attached hydrogens (tertiary/aromatic N) is 3. The minimum Gasteiger partial charge on any atom is -0.493 e. The van der Waals surface area contributed by atoms with E-state index in [1.807, 2.05) is 24.3 Å². The predicted molar refractivity (Wildman–Crippen MR) is 148 cm³/mol. The number of hydrogen-bond donors (Lipinski definition) is 1. The van der Waals surface area contributed by atoms with Crippen LogP contribution in [-0.2, 0) is 4.79 Å². The van der Waals surface area contributed by atoms with Gasteiger partial charge in [-0.25, -0.2) is 4.39 Å². The number of methoxy groups -OCH3 is 2. The minimum absolute atomic E-state index is 0.265. The Morgan fingerprint density at radius 1 is 0.897 bits per heavy atom. The molecule has 204 valence electrons. The van der Waals surface area contributed by atoms with E-state index in [-0.39, 0.29) is 17.4 Å². The summed E-state index contributed by atoms with van der Waals surface area (Å²) in [5.41, 5.74) is 2.63. The van der Waals surface area contributed by atoms with Crippen LogP contribution in [0.15, 0.2) is 60.7 Å². The van der Waals surface area contributed by atoms with Crippen molar-refractivity contribution in [2.75, 3.05) is 64.7 Å². The van der Waals surface area contributed by atoms with Crippen LogP contribution in [0, 0.1) is 5.82 Å². The summed E-state index contributed by atoms with van der Waals surface area (Å²) in [6, 6.07) is 16.3. The average molecular weight is 533 g/mol. The quantitative estimate of drug-likeness (QED) is 0.515. The highest BCUT2D eigenvalue weighted by Crippen LogP contribution is 2.46. The molecule has 9 heteroatoms. The molecule has 3 aromatic carbocycles. The van der Waals surface area contributed by atoms with Crippen molar-refractivity contribution in [2.24, 2.45) is 0 Å². The minimum atomic E-state index is -0.917. The summed E-state index contributed by atoms with van der Waals surface area (Å²) in [5, 5.41) is 3.12. The zero-order valence-electron chi connectivity index (χ0n) is 22.6. The number of fused-ring (bicyclic) bond motifs is 1. The normalized spacial score (nSPS) is 19.5. The first-order chi connectivity index (χ1) is 18.8. The maximum atomic E-state index is 15.2. The van der Waals surface area contributed by atoms with Gasteiger partial charge in [-0.15, -0.1) is 0 Å². The lowest BCUT2D eigenvalue weighted by Crippen LogP contribution is -2.45. The third-order valence-electron chi connectivity index (χ3n) is 7.69. The lowest BCUT2D eigenvalue weighted by Gasteiger charge is -2.40. The van der Waals surface area contributed by atoms with E-state index < -0.39 is 17.8 Å². The number of anilines is 2. The molecule has 3 aromatic rings. The van der Waals surface area contributed by atoms with Gasteiger partial charge in [0, 0.05) is 44.4 Å². The Bertz CT molecular complexity index is 1390. The highest BCUT2D eigenvalue weighted by molar-refractivity contribution is 6.05. The topological polar surface area (TPSA) is 74.4 Å². The smallest absolute Gasteiger partial charge is 0.254 e. The number of ether oxygens (including phenoxy) is 2. The molecule has 2 atom stereocenters. The number of amides is 2. The van der Waals surface area contributed by atoms with Gasteiger partial charge in [-0.2, -0.15) is 0 Å². The maximum absolute atomic E-state index is 15.2. The molecule has 0 spiro atoms. The molecule has 1 fully saturated rings. The van der Waals surface area contributed by atoms with Crippen LogP contribution >= 0.6 is 0 Å². The van der Waals surface area contributed by atoms with Crippen molar-refractivity contribution in [3.05, 3.63) is 83.2 Å². The zero-order valence-corrected chi connectivity index (χ0v) is 22.6. The molecule has 8 nitrogen and oxygen atoms in total. The first-order valence-electron chi connectivity index (χ1n) is 12.9. The van der Waals surface area contributed by atoms with Crippen LogP contribution in [0.3, 0.4) is 0 Å². The molecule has 39 heavy (non-hydrogen) atoms. The molecule has 0 saturated carbocycles. The second kappa shape index (κ2) is 10.9. The second-order valence-electron chi connectivity index (χ2n) is 9.95. The predicted octanol–water partition coefficient (Wildman–Crippen LogP) is 4.14. The van der Waals surface area contributed by atoms with Gasteiger partial charge >= 0.3 is 0 Å². The van der Waals surface area contributed by atoms with E-state index in [2.05, 4.69) is 22.2 Å². The number of carbonyl (C=O) groups is 2. The van der Waals surface area contributed by atoms with E-state index in [9.17, 15) is 9.59 Å². The molecule has 0 aliphatic carbocycles. The van der Waals surface area contributed by atoms with Gasteiger partial charge in [0.2, 0.25) is 5.91 Å². The number of rotatable bonds is 6. The number of hydrogen-bond acceptors (Lipinski definition) is 6. The highest BCUT2D eigenvalue weighted by Gasteiger charge is 2.44. The maximum Gasteiger partial charge on any atom is 0.254 e. The van der Waals surface area contributed by atoms with Gasteiger partial charge in [0.1, 0.15) is 5.82 Å². The van der Waals surface area contributed by atoms with Crippen LogP contribution in [0.25, 0.3) is 0 Å². The summed E-state index contributed by atoms with van der Waals surface area (Å²) >= 11 is 0. The SMILES string of the molecule is COc1cc2c(cc1OC)[C@H](C(=O)Nc1ccccc1N1CCN(C)CC1)[C@H](c1ccccc1F)N(C)C2=O. The Labute approximate surface area is 227 Å². The van der Waals surface area contributed by atoms with Crippen LogP contribution < -0.4 is 19.7 Å². The molecule has 0 radical (unpaired) electrons. The monoisotopic (exact) mass is 532 g/mol. The second-order valence-corrected chi connectivity index (χ2v) is 9.95. The fourth-order valence-corrected chi connectivity index (χ4v) is 5.55. The van der Waals surface area contributed by atoms with Crippen molar-refractivity contribution in [3.8, 4) is 11.5 Å². The first-order valence-corrected chi connectivity index (χ1v) is 12.9. The first kappa shape index (κ1) is 26.5. The van der Waals surface area contributed by atoms with Gasteiger partial charge in [0.25, 0.3) is 5.91 Å². The molecule has 0 bridgehead atoms. The molecule has 2 amide bonds. The summed E-state index contributed by atoms with van der Waals surface area (Å²) in [4.78, 5) is 33.8. The van der Waals surface area contributed by atoms with Crippen molar-refractivity contribution < 1.29 is 23.5 Å². The van der Waals surface area contributed by atoms with Crippen molar-refractivity contribution in [3.63, 3.8) is 0 Å². The fourth-order valence-electron chi connectivity index (χ4n) is 5.55. The summed E-state index contributed by atoms with van der Waals surface area (Å²) in [6.07, 6.45) is 0. The summed E-state index contributed by atoms with van der Waals surface area (Å²) < 4.78 is 26.1. The van der Waals surface area contributed by atoms with Crippen molar-refractivity contribution in [1.29, 1.82) is 0 Å². The molecule has 2 heterocycles. The number of likely N-dealkylation sites (N-methyl/N-ethyl adjacent to an activating group) is 2. The van der Waals surface area contributed by atoms with E-state index in [1.165, 1.54) is 25.2 Å². The van der Waals surface area contributed by atoms with Gasteiger partial charge in [-0.3, -0.25) is 9.59 Å². The van der Waals surface area contributed by atoms with Gasteiger partial charge in [-0.05, 0) is 42.9 Å². The van der Waals surface area contributed by atoms with Crippen molar-refractivity contribution >= 4 is 23.2 Å². The number of benzene rings is 3. The molecule has 2 aliphatic heterocycles. The summed E-state index contributed by atoms with van der Waals surface area (Å²) in [5.74, 6) is -1.32. The Kier molecular flexibility index (Phi) is 7.43. The van der Waals surface area contributed by atoms with E-state index in [0.29, 0.717) is 28.3 Å². The standard InChI is InChI=1S/C30H33FN4O4/c1-33-13-15-35(16-14-33)24-12-8-7-11-23(24)32-29(36)27-20-17-25(38-3)26(39-4)18-21(20)30(37)34(2)28(27)19-9-5-6-10-22(19)31/h5-12,17-18,27-28H,13-16H2,1-4H3,(H,32,36)/t27-,28-/m0/s1. The molecule has 5 rings (SSSR count). The van der Waals surface area contributed by atoms with Gasteiger partial charge < -0.3 is 29.5 Å². The molecular weight excluding hydrogens is 499 g/mol. The van der Waals surface area contributed by atoms with Crippen LogP contribution in [-0.4, -0.2) is 76.1 Å². The largest absolute Gasteiger partial charge is 0.493 e. The van der Waals surface area contributed by atoms with Gasteiger partial charge in [-0.1, -0.05) is 30.3 Å². The van der Waals surface area contributed by atoms with Crippen molar-refractivity contribution in [2.45, 2.75) is 12.0 Å². The Morgan fingerprint density at radius 2 is 1.54 bits per heavy atom.